The number of aliphatic carboxylic acids is 1. The molecule has 2 heteroatoms. The van der Waals surface area contributed by atoms with Crippen LogP contribution >= 0.6 is 0 Å². The van der Waals surface area contributed by atoms with Crippen molar-refractivity contribution >= 4 is 5.97 Å². The summed E-state index contributed by atoms with van der Waals surface area (Å²) in [4.78, 5) is 11.2. The second kappa shape index (κ2) is 3.84. The van der Waals surface area contributed by atoms with E-state index in [1.165, 1.54) is 5.56 Å². The van der Waals surface area contributed by atoms with Gasteiger partial charge in [-0.3, -0.25) is 4.79 Å². The van der Waals surface area contributed by atoms with Crippen LogP contribution in [0.2, 0.25) is 0 Å². The van der Waals surface area contributed by atoms with Crippen LogP contribution in [-0.4, -0.2) is 11.1 Å². The third-order valence-corrected chi connectivity index (χ3v) is 4.23. The van der Waals surface area contributed by atoms with E-state index < -0.39 is 5.97 Å². The van der Waals surface area contributed by atoms with Crippen LogP contribution in [0.4, 0.5) is 0 Å². The SMILES string of the molecule is CC(C)(C)c1ccc([C@@H]2[C@@H](C(=O)O)C2(C)C)cc1. The molecule has 1 N–H and O–H groups in total. The van der Waals surface area contributed by atoms with E-state index in [9.17, 15) is 9.90 Å². The van der Waals surface area contributed by atoms with Gasteiger partial charge < -0.3 is 5.11 Å². The summed E-state index contributed by atoms with van der Waals surface area (Å²) in [6, 6.07) is 8.44. The Morgan fingerprint density at radius 1 is 1.17 bits per heavy atom. The van der Waals surface area contributed by atoms with Crippen molar-refractivity contribution in [1.29, 1.82) is 0 Å². The van der Waals surface area contributed by atoms with Crippen molar-refractivity contribution in [2.24, 2.45) is 11.3 Å². The molecule has 2 rings (SSSR count). The Balaban J connectivity index is 2.25. The Bertz CT molecular complexity index is 463. The molecule has 0 aliphatic heterocycles. The van der Waals surface area contributed by atoms with Crippen molar-refractivity contribution in [3.63, 3.8) is 0 Å². The van der Waals surface area contributed by atoms with Crippen molar-refractivity contribution in [3.8, 4) is 0 Å². The number of rotatable bonds is 2. The highest BCUT2D eigenvalue weighted by Crippen LogP contribution is 2.64. The maximum Gasteiger partial charge on any atom is 0.307 e. The second-order valence-electron chi connectivity index (χ2n) is 6.99. The lowest BCUT2D eigenvalue weighted by Gasteiger charge is -2.19. The number of hydrogen-bond donors (Lipinski definition) is 1. The van der Waals surface area contributed by atoms with Crippen molar-refractivity contribution < 1.29 is 9.90 Å². The summed E-state index contributed by atoms with van der Waals surface area (Å²) >= 11 is 0. The fourth-order valence-corrected chi connectivity index (χ4v) is 2.91. The van der Waals surface area contributed by atoms with Gasteiger partial charge in [0.25, 0.3) is 0 Å². The molecule has 0 heterocycles. The normalized spacial score (nSPS) is 25.8. The predicted octanol–water partition coefficient (Wildman–Crippen LogP) is 3.81. The molecule has 2 nitrogen and oxygen atoms in total. The number of benzene rings is 1. The van der Waals surface area contributed by atoms with Crippen molar-refractivity contribution in [2.45, 2.75) is 46.0 Å². The minimum atomic E-state index is -0.676. The van der Waals surface area contributed by atoms with Gasteiger partial charge in [0, 0.05) is 5.92 Å². The summed E-state index contributed by atoms with van der Waals surface area (Å²) in [5, 5.41) is 9.20. The molecule has 0 aromatic heterocycles. The molecule has 1 aliphatic rings. The largest absolute Gasteiger partial charge is 0.481 e. The quantitative estimate of drug-likeness (QED) is 0.861. The van der Waals surface area contributed by atoms with E-state index >= 15 is 0 Å². The first-order valence-corrected chi connectivity index (χ1v) is 6.49. The van der Waals surface area contributed by atoms with Crippen LogP contribution in [0.15, 0.2) is 24.3 Å². The van der Waals surface area contributed by atoms with E-state index in [2.05, 4.69) is 45.0 Å². The topological polar surface area (TPSA) is 37.3 Å². The molecule has 0 amide bonds. The molecule has 1 aliphatic carbocycles. The van der Waals surface area contributed by atoms with Crippen molar-refractivity contribution in [2.75, 3.05) is 0 Å². The molecule has 98 valence electrons. The maximum atomic E-state index is 11.2. The van der Waals surface area contributed by atoms with Gasteiger partial charge in [0.15, 0.2) is 0 Å². The van der Waals surface area contributed by atoms with Gasteiger partial charge in [-0.05, 0) is 22.0 Å². The van der Waals surface area contributed by atoms with Gasteiger partial charge in [0.1, 0.15) is 0 Å². The van der Waals surface area contributed by atoms with Crippen LogP contribution in [0.5, 0.6) is 0 Å². The standard InChI is InChI=1S/C16H22O2/c1-15(2,3)11-8-6-10(7-9-11)12-13(14(17)18)16(12,4)5/h6-9,12-13H,1-5H3,(H,17,18)/t12-,13+/m1/s1. The fraction of sp³-hybridized carbons (Fsp3) is 0.562. The van der Waals surface area contributed by atoms with Crippen LogP contribution in [0.1, 0.15) is 51.7 Å². The second-order valence-corrected chi connectivity index (χ2v) is 6.99. The smallest absolute Gasteiger partial charge is 0.307 e. The summed E-state index contributed by atoms with van der Waals surface area (Å²) in [5.41, 5.74) is 2.47. The highest BCUT2D eigenvalue weighted by atomic mass is 16.4. The molecule has 1 fully saturated rings. The molecular weight excluding hydrogens is 224 g/mol. The zero-order valence-corrected chi connectivity index (χ0v) is 11.8. The first kappa shape index (κ1) is 13.1. The monoisotopic (exact) mass is 246 g/mol. The Labute approximate surface area is 109 Å². The van der Waals surface area contributed by atoms with Crippen LogP contribution in [0.3, 0.4) is 0 Å². The fourth-order valence-electron chi connectivity index (χ4n) is 2.91. The number of carboxylic acid groups (broad SMARTS) is 1. The number of carbonyl (C=O) groups is 1. The van der Waals surface area contributed by atoms with Crippen LogP contribution in [0.25, 0.3) is 0 Å². The number of carboxylic acids is 1. The third-order valence-electron chi connectivity index (χ3n) is 4.23. The van der Waals surface area contributed by atoms with Gasteiger partial charge >= 0.3 is 5.97 Å². The lowest BCUT2D eigenvalue weighted by molar-refractivity contribution is -0.139. The van der Waals surface area contributed by atoms with E-state index in [1.807, 2.05) is 13.8 Å². The average molecular weight is 246 g/mol. The molecule has 0 saturated heterocycles. The molecular formula is C16H22O2. The maximum absolute atomic E-state index is 11.2. The highest BCUT2D eigenvalue weighted by Gasteiger charge is 2.62. The minimum absolute atomic E-state index is 0.116. The summed E-state index contributed by atoms with van der Waals surface area (Å²) in [5.74, 6) is -0.757. The molecule has 0 spiro atoms. The lowest BCUT2D eigenvalue weighted by Crippen LogP contribution is -2.10. The van der Waals surface area contributed by atoms with Gasteiger partial charge in [-0.1, -0.05) is 58.9 Å². The summed E-state index contributed by atoms with van der Waals surface area (Å²) in [7, 11) is 0. The molecule has 1 aromatic rings. The van der Waals surface area contributed by atoms with Crippen molar-refractivity contribution in [3.05, 3.63) is 35.4 Å². The van der Waals surface area contributed by atoms with E-state index in [-0.39, 0.29) is 22.7 Å². The Morgan fingerprint density at radius 2 is 1.67 bits per heavy atom. The summed E-state index contributed by atoms with van der Waals surface area (Å²) in [6.07, 6.45) is 0. The molecule has 18 heavy (non-hydrogen) atoms. The summed E-state index contributed by atoms with van der Waals surface area (Å²) in [6.45, 7) is 10.6. The molecule has 0 unspecified atom stereocenters. The van der Waals surface area contributed by atoms with E-state index in [0.29, 0.717) is 0 Å². The predicted molar refractivity (Wildman–Crippen MR) is 72.8 cm³/mol. The Hall–Kier alpha value is -1.31. The van der Waals surface area contributed by atoms with E-state index in [1.54, 1.807) is 0 Å². The van der Waals surface area contributed by atoms with Crippen LogP contribution in [0, 0.1) is 11.3 Å². The van der Waals surface area contributed by atoms with Gasteiger partial charge in [-0.2, -0.15) is 0 Å². The molecule has 0 bridgehead atoms. The van der Waals surface area contributed by atoms with Gasteiger partial charge in [-0.25, -0.2) is 0 Å². The first-order chi connectivity index (χ1) is 8.15. The van der Waals surface area contributed by atoms with E-state index in [0.717, 1.165) is 5.56 Å². The van der Waals surface area contributed by atoms with Gasteiger partial charge in [0.2, 0.25) is 0 Å². The highest BCUT2D eigenvalue weighted by molar-refractivity contribution is 5.77. The zero-order valence-electron chi connectivity index (χ0n) is 11.8. The molecule has 2 atom stereocenters. The number of hydrogen-bond acceptors (Lipinski definition) is 1. The Kier molecular flexibility index (Phi) is 2.80. The average Bonchev–Trinajstić information content (AvgIpc) is 2.80. The Morgan fingerprint density at radius 3 is 2.00 bits per heavy atom. The first-order valence-electron chi connectivity index (χ1n) is 6.49. The van der Waals surface area contributed by atoms with Gasteiger partial charge in [0.05, 0.1) is 5.92 Å². The van der Waals surface area contributed by atoms with Gasteiger partial charge in [-0.15, -0.1) is 0 Å². The van der Waals surface area contributed by atoms with Crippen molar-refractivity contribution in [1.82, 2.24) is 0 Å². The van der Waals surface area contributed by atoms with E-state index in [4.69, 9.17) is 0 Å². The van der Waals surface area contributed by atoms with Crippen LogP contribution in [-0.2, 0) is 10.2 Å². The molecule has 1 aromatic carbocycles. The molecule has 1 saturated carbocycles. The minimum Gasteiger partial charge on any atom is -0.481 e. The lowest BCUT2D eigenvalue weighted by atomic mass is 9.86. The zero-order chi connectivity index (χ0) is 13.7. The third kappa shape index (κ3) is 2.05. The summed E-state index contributed by atoms with van der Waals surface area (Å²) < 4.78 is 0. The van der Waals surface area contributed by atoms with Crippen LogP contribution < -0.4 is 0 Å². The molecule has 0 radical (unpaired) electrons.